The second-order valence-electron chi connectivity index (χ2n) is 8.53. The zero-order chi connectivity index (χ0) is 21.8. The number of anilines is 1. The highest BCUT2D eigenvalue weighted by Gasteiger charge is 2.29. The minimum absolute atomic E-state index is 0.104. The average Bonchev–Trinajstić information content (AvgIpc) is 3.20. The van der Waals surface area contributed by atoms with Gasteiger partial charge < -0.3 is 4.90 Å². The van der Waals surface area contributed by atoms with Gasteiger partial charge in [0.2, 0.25) is 14.9 Å². The molecule has 0 N–H and O–H groups in total. The Labute approximate surface area is 181 Å². The molecule has 0 aliphatic carbocycles. The average molecular weight is 436 g/mol. The normalized spacial score (nSPS) is 17.5. The molecule has 0 bridgehead atoms. The number of para-hydroxylation sites is 1. The van der Waals surface area contributed by atoms with Crippen molar-refractivity contribution < 1.29 is 8.42 Å². The van der Waals surface area contributed by atoms with E-state index in [1.54, 1.807) is 16.6 Å². The lowest BCUT2D eigenvalue weighted by Crippen LogP contribution is -2.35. The fourth-order valence-electron chi connectivity index (χ4n) is 4.32. The zero-order valence-corrected chi connectivity index (χ0v) is 18.7. The molecular formula is C23H25N5O2S. The molecule has 0 radical (unpaired) electrons. The third-order valence-electron chi connectivity index (χ3n) is 6.20. The molecule has 3 heterocycles. The smallest absolute Gasteiger partial charge is 0.229 e. The maximum Gasteiger partial charge on any atom is 0.229 e. The van der Waals surface area contributed by atoms with E-state index in [9.17, 15) is 8.42 Å². The number of aromatic nitrogens is 4. The fraction of sp³-hybridized carbons (Fsp3) is 0.348. The third kappa shape index (κ3) is 3.26. The number of rotatable bonds is 3. The number of fused-ring (bicyclic) bond motifs is 3. The molecule has 1 fully saturated rings. The van der Waals surface area contributed by atoms with Crippen LogP contribution in [-0.4, -0.2) is 41.3 Å². The van der Waals surface area contributed by atoms with Gasteiger partial charge in [-0.3, -0.25) is 0 Å². The summed E-state index contributed by atoms with van der Waals surface area (Å²) in [6.07, 6.45) is 2.28. The maximum atomic E-state index is 13.5. The lowest BCUT2D eigenvalue weighted by Gasteiger charge is -2.32. The number of sulfone groups is 1. The fourth-order valence-corrected chi connectivity index (χ4v) is 5.64. The van der Waals surface area contributed by atoms with Crippen molar-refractivity contribution in [3.8, 4) is 0 Å². The highest BCUT2D eigenvalue weighted by atomic mass is 32.2. The van der Waals surface area contributed by atoms with Crippen LogP contribution in [0.25, 0.3) is 16.6 Å². The zero-order valence-electron chi connectivity index (χ0n) is 17.9. The Kier molecular flexibility index (Phi) is 4.69. The summed E-state index contributed by atoms with van der Waals surface area (Å²) < 4.78 is 28.5. The van der Waals surface area contributed by atoms with Crippen LogP contribution in [0.1, 0.15) is 30.9 Å². The highest BCUT2D eigenvalue weighted by Crippen LogP contribution is 2.32. The molecule has 1 aliphatic heterocycles. The SMILES string of the molecule is Cc1ccc(S(=O)(=O)c2nnn3c2nc(N2CCC[C@@H](C)C2)c2ccccc23)cc1C. The standard InChI is InChI=1S/C23H25N5O2S/c1-15-7-6-12-27(14-15)21-19-8-4-5-9-20(19)28-22(24-21)23(25-26-28)31(29,30)18-11-10-16(2)17(3)13-18/h4-5,8-11,13,15H,6-7,12,14H2,1-3H3/t15-/m1/s1. The van der Waals surface area contributed by atoms with E-state index in [0.717, 1.165) is 47.4 Å². The number of hydrogen-bond donors (Lipinski definition) is 0. The molecule has 2 aromatic carbocycles. The summed E-state index contributed by atoms with van der Waals surface area (Å²) >= 11 is 0. The lowest BCUT2D eigenvalue weighted by molar-refractivity contribution is 0.445. The van der Waals surface area contributed by atoms with E-state index in [2.05, 4.69) is 22.1 Å². The van der Waals surface area contributed by atoms with Gasteiger partial charge in [0.05, 0.1) is 10.4 Å². The Hall–Kier alpha value is -3.00. The molecule has 0 unspecified atom stereocenters. The Morgan fingerprint density at radius 3 is 2.65 bits per heavy atom. The first-order valence-corrected chi connectivity index (χ1v) is 12.1. The van der Waals surface area contributed by atoms with Crippen LogP contribution < -0.4 is 4.90 Å². The van der Waals surface area contributed by atoms with Crippen molar-refractivity contribution >= 4 is 32.2 Å². The number of nitrogens with zero attached hydrogens (tertiary/aromatic N) is 5. The van der Waals surface area contributed by atoms with Crippen molar-refractivity contribution in [1.29, 1.82) is 0 Å². The van der Waals surface area contributed by atoms with Gasteiger partial charge >= 0.3 is 0 Å². The number of benzene rings is 2. The Balaban J connectivity index is 1.75. The summed E-state index contributed by atoms with van der Waals surface area (Å²) in [6.45, 7) is 7.90. The second-order valence-corrected chi connectivity index (χ2v) is 10.4. The van der Waals surface area contributed by atoms with Crippen LogP contribution in [-0.2, 0) is 9.84 Å². The van der Waals surface area contributed by atoms with Crippen LogP contribution in [0.2, 0.25) is 0 Å². The van der Waals surface area contributed by atoms with E-state index in [-0.39, 0.29) is 15.6 Å². The molecule has 7 nitrogen and oxygen atoms in total. The molecule has 0 spiro atoms. The number of piperidine rings is 1. The molecule has 4 aromatic rings. The molecule has 5 rings (SSSR count). The second kappa shape index (κ2) is 7.30. The summed E-state index contributed by atoms with van der Waals surface area (Å²) in [4.78, 5) is 7.31. The van der Waals surface area contributed by atoms with Crippen molar-refractivity contribution in [2.75, 3.05) is 18.0 Å². The third-order valence-corrected chi connectivity index (χ3v) is 7.85. The van der Waals surface area contributed by atoms with Crippen molar-refractivity contribution in [3.63, 3.8) is 0 Å². The molecule has 8 heteroatoms. The van der Waals surface area contributed by atoms with E-state index in [1.807, 2.05) is 44.2 Å². The van der Waals surface area contributed by atoms with E-state index in [4.69, 9.17) is 4.98 Å². The minimum Gasteiger partial charge on any atom is -0.356 e. The van der Waals surface area contributed by atoms with E-state index >= 15 is 0 Å². The van der Waals surface area contributed by atoms with Gasteiger partial charge in [0, 0.05) is 18.5 Å². The molecular weight excluding hydrogens is 410 g/mol. The van der Waals surface area contributed by atoms with E-state index in [1.165, 1.54) is 6.42 Å². The predicted molar refractivity (Wildman–Crippen MR) is 120 cm³/mol. The van der Waals surface area contributed by atoms with Gasteiger partial charge in [-0.25, -0.2) is 13.4 Å². The summed E-state index contributed by atoms with van der Waals surface area (Å²) in [5, 5.41) is 9.12. The molecule has 2 aromatic heterocycles. The van der Waals surface area contributed by atoms with Gasteiger partial charge in [0.25, 0.3) is 0 Å². The van der Waals surface area contributed by atoms with Crippen LogP contribution >= 0.6 is 0 Å². The summed E-state index contributed by atoms with van der Waals surface area (Å²) in [6, 6.07) is 13.0. The van der Waals surface area contributed by atoms with E-state index in [0.29, 0.717) is 5.92 Å². The number of hydrogen-bond acceptors (Lipinski definition) is 6. The monoisotopic (exact) mass is 435 g/mol. The molecule has 160 valence electrons. The van der Waals surface area contributed by atoms with Crippen molar-refractivity contribution in [2.45, 2.75) is 43.5 Å². The van der Waals surface area contributed by atoms with Gasteiger partial charge in [0.1, 0.15) is 5.82 Å². The summed E-state index contributed by atoms with van der Waals surface area (Å²) in [7, 11) is -3.86. The van der Waals surface area contributed by atoms with E-state index < -0.39 is 9.84 Å². The Morgan fingerprint density at radius 2 is 1.87 bits per heavy atom. The molecule has 1 atom stereocenters. The van der Waals surface area contributed by atoms with Crippen molar-refractivity contribution in [3.05, 3.63) is 53.6 Å². The topological polar surface area (TPSA) is 80.5 Å². The molecule has 0 saturated carbocycles. The van der Waals surface area contributed by atoms with Gasteiger partial charge in [-0.15, -0.1) is 5.10 Å². The first kappa shape index (κ1) is 19.9. The van der Waals surface area contributed by atoms with Crippen LogP contribution in [0.5, 0.6) is 0 Å². The molecule has 1 saturated heterocycles. The van der Waals surface area contributed by atoms with Crippen LogP contribution in [0.4, 0.5) is 5.82 Å². The Bertz CT molecular complexity index is 1410. The lowest BCUT2D eigenvalue weighted by atomic mass is 10.00. The molecule has 0 amide bonds. The van der Waals surface area contributed by atoms with Gasteiger partial charge in [-0.1, -0.05) is 30.3 Å². The Morgan fingerprint density at radius 1 is 1.06 bits per heavy atom. The van der Waals surface area contributed by atoms with Gasteiger partial charge in [-0.2, -0.15) is 4.52 Å². The summed E-state index contributed by atoms with van der Waals surface area (Å²) in [5.74, 6) is 1.36. The van der Waals surface area contributed by atoms with Crippen LogP contribution in [0, 0.1) is 19.8 Å². The van der Waals surface area contributed by atoms with Gasteiger partial charge in [-0.05, 0) is 68.0 Å². The first-order valence-electron chi connectivity index (χ1n) is 10.6. The highest BCUT2D eigenvalue weighted by molar-refractivity contribution is 7.91. The number of aryl methyl sites for hydroxylation is 2. The molecule has 31 heavy (non-hydrogen) atoms. The maximum absolute atomic E-state index is 13.5. The van der Waals surface area contributed by atoms with Crippen LogP contribution in [0.15, 0.2) is 52.4 Å². The first-order chi connectivity index (χ1) is 14.9. The largest absolute Gasteiger partial charge is 0.356 e. The van der Waals surface area contributed by atoms with Crippen molar-refractivity contribution in [1.82, 2.24) is 19.8 Å². The van der Waals surface area contributed by atoms with Gasteiger partial charge in [0.15, 0.2) is 5.65 Å². The minimum atomic E-state index is -3.86. The summed E-state index contributed by atoms with van der Waals surface area (Å²) in [5.41, 5.74) is 3.02. The quantitative estimate of drug-likeness (QED) is 0.485. The van der Waals surface area contributed by atoms with Crippen molar-refractivity contribution in [2.24, 2.45) is 5.92 Å². The van der Waals surface area contributed by atoms with Crippen LogP contribution in [0.3, 0.4) is 0 Å². The predicted octanol–water partition coefficient (Wildman–Crippen LogP) is 3.96. The molecule has 1 aliphatic rings.